The standard InChI is InChI=1S/C27H27N3O5/c1-5-34-22-12-10-20(11-13-22)29-17(3)14-19(18(29)4)15-24-25(31)28-27(33)30(26(24)32)21-8-7-9-23(16-21)35-6-2/h7-16H,5-6H2,1-4H3,(H,28,31,33)/b24-15+. The van der Waals surface area contributed by atoms with Gasteiger partial charge in [0, 0.05) is 23.1 Å². The Labute approximate surface area is 203 Å². The van der Waals surface area contributed by atoms with Gasteiger partial charge in [0.1, 0.15) is 17.1 Å². The molecule has 0 spiro atoms. The van der Waals surface area contributed by atoms with Crippen LogP contribution in [0.1, 0.15) is 30.8 Å². The fraction of sp³-hybridized carbons (Fsp3) is 0.222. The fourth-order valence-electron chi connectivity index (χ4n) is 4.12. The Bertz CT molecular complexity index is 1320. The molecule has 8 heteroatoms. The molecule has 8 nitrogen and oxygen atoms in total. The summed E-state index contributed by atoms with van der Waals surface area (Å²) in [6, 6.07) is 15.4. The first-order chi connectivity index (χ1) is 16.8. The third-order valence-corrected chi connectivity index (χ3v) is 5.66. The molecule has 2 heterocycles. The lowest BCUT2D eigenvalue weighted by molar-refractivity contribution is -0.122. The fourth-order valence-corrected chi connectivity index (χ4v) is 4.12. The molecular weight excluding hydrogens is 446 g/mol. The predicted octanol–water partition coefficient (Wildman–Crippen LogP) is 4.56. The minimum absolute atomic E-state index is 0.127. The van der Waals surface area contributed by atoms with Crippen molar-refractivity contribution in [2.75, 3.05) is 18.1 Å². The van der Waals surface area contributed by atoms with Crippen LogP contribution in [0.5, 0.6) is 11.5 Å². The summed E-state index contributed by atoms with van der Waals surface area (Å²) in [4.78, 5) is 39.5. The topological polar surface area (TPSA) is 89.9 Å². The molecule has 2 aromatic carbocycles. The third kappa shape index (κ3) is 4.68. The number of urea groups is 1. The third-order valence-electron chi connectivity index (χ3n) is 5.66. The Kier molecular flexibility index (Phi) is 6.73. The van der Waals surface area contributed by atoms with Crippen molar-refractivity contribution in [1.82, 2.24) is 9.88 Å². The van der Waals surface area contributed by atoms with Gasteiger partial charge in [0.15, 0.2) is 0 Å². The summed E-state index contributed by atoms with van der Waals surface area (Å²) in [6.07, 6.45) is 1.52. The van der Waals surface area contributed by atoms with E-state index in [0.29, 0.717) is 30.2 Å². The molecule has 0 saturated carbocycles. The molecule has 35 heavy (non-hydrogen) atoms. The lowest BCUT2D eigenvalue weighted by Crippen LogP contribution is -2.54. The largest absolute Gasteiger partial charge is 0.494 e. The van der Waals surface area contributed by atoms with Crippen LogP contribution in [0.25, 0.3) is 11.8 Å². The zero-order chi connectivity index (χ0) is 25.1. The first kappa shape index (κ1) is 23.8. The summed E-state index contributed by atoms with van der Waals surface area (Å²) in [7, 11) is 0. The molecule has 1 aromatic heterocycles. The number of imide groups is 2. The van der Waals surface area contributed by atoms with Gasteiger partial charge in [0.2, 0.25) is 0 Å². The van der Waals surface area contributed by atoms with Gasteiger partial charge in [-0.3, -0.25) is 14.9 Å². The van der Waals surface area contributed by atoms with E-state index in [1.54, 1.807) is 24.3 Å². The van der Waals surface area contributed by atoms with Crippen molar-refractivity contribution in [3.05, 3.63) is 77.1 Å². The Morgan fingerprint density at radius 1 is 0.857 bits per heavy atom. The average molecular weight is 474 g/mol. The maximum absolute atomic E-state index is 13.3. The minimum Gasteiger partial charge on any atom is -0.494 e. The molecule has 0 radical (unpaired) electrons. The van der Waals surface area contributed by atoms with Crippen molar-refractivity contribution in [3.63, 3.8) is 0 Å². The van der Waals surface area contributed by atoms with Gasteiger partial charge in [-0.15, -0.1) is 0 Å². The van der Waals surface area contributed by atoms with E-state index in [9.17, 15) is 14.4 Å². The highest BCUT2D eigenvalue weighted by molar-refractivity contribution is 6.39. The summed E-state index contributed by atoms with van der Waals surface area (Å²) in [5.41, 5.74) is 3.60. The van der Waals surface area contributed by atoms with Crippen LogP contribution in [0.4, 0.5) is 10.5 Å². The zero-order valence-electron chi connectivity index (χ0n) is 20.1. The van der Waals surface area contributed by atoms with Crippen LogP contribution in [0, 0.1) is 13.8 Å². The molecule has 0 atom stereocenters. The van der Waals surface area contributed by atoms with Gasteiger partial charge in [-0.2, -0.15) is 0 Å². The number of barbiturate groups is 1. The number of benzene rings is 2. The average Bonchev–Trinajstić information content (AvgIpc) is 3.10. The summed E-state index contributed by atoms with van der Waals surface area (Å²) in [5.74, 6) is -0.128. The molecular formula is C27H27N3O5. The molecule has 4 rings (SSSR count). The highest BCUT2D eigenvalue weighted by Crippen LogP contribution is 2.28. The monoisotopic (exact) mass is 473 g/mol. The maximum Gasteiger partial charge on any atom is 0.335 e. The maximum atomic E-state index is 13.3. The van der Waals surface area contributed by atoms with E-state index >= 15 is 0 Å². The van der Waals surface area contributed by atoms with E-state index in [0.717, 1.165) is 27.7 Å². The summed E-state index contributed by atoms with van der Waals surface area (Å²) in [5, 5.41) is 2.27. The number of ether oxygens (including phenoxy) is 2. The van der Waals surface area contributed by atoms with Gasteiger partial charge in [0.25, 0.3) is 11.8 Å². The number of amides is 4. The van der Waals surface area contributed by atoms with Gasteiger partial charge in [-0.05, 0) is 81.8 Å². The van der Waals surface area contributed by atoms with E-state index in [1.165, 1.54) is 6.08 Å². The molecule has 1 N–H and O–H groups in total. The second kappa shape index (κ2) is 9.89. The van der Waals surface area contributed by atoms with Gasteiger partial charge in [-0.25, -0.2) is 9.69 Å². The predicted molar refractivity (Wildman–Crippen MR) is 133 cm³/mol. The van der Waals surface area contributed by atoms with Crippen molar-refractivity contribution < 1.29 is 23.9 Å². The molecule has 0 bridgehead atoms. The van der Waals surface area contributed by atoms with Crippen LogP contribution in [0.2, 0.25) is 0 Å². The second-order valence-corrected chi connectivity index (χ2v) is 7.98. The number of hydrogen-bond donors (Lipinski definition) is 1. The lowest BCUT2D eigenvalue weighted by atomic mass is 10.1. The van der Waals surface area contributed by atoms with E-state index in [2.05, 4.69) is 5.32 Å². The number of aryl methyl sites for hydroxylation is 1. The summed E-state index contributed by atoms with van der Waals surface area (Å²) < 4.78 is 13.0. The smallest absolute Gasteiger partial charge is 0.335 e. The van der Waals surface area contributed by atoms with E-state index in [-0.39, 0.29) is 5.57 Å². The van der Waals surface area contributed by atoms with Gasteiger partial charge < -0.3 is 14.0 Å². The van der Waals surface area contributed by atoms with Crippen LogP contribution >= 0.6 is 0 Å². The minimum atomic E-state index is -0.800. The van der Waals surface area contributed by atoms with E-state index in [1.807, 2.05) is 62.6 Å². The van der Waals surface area contributed by atoms with Gasteiger partial charge >= 0.3 is 6.03 Å². The zero-order valence-corrected chi connectivity index (χ0v) is 20.1. The van der Waals surface area contributed by atoms with Crippen molar-refractivity contribution >= 4 is 29.6 Å². The molecule has 180 valence electrons. The van der Waals surface area contributed by atoms with E-state index < -0.39 is 17.8 Å². The molecule has 1 fully saturated rings. The molecule has 1 aliphatic heterocycles. The number of carbonyl (C=O) groups is 3. The van der Waals surface area contributed by atoms with Crippen molar-refractivity contribution in [2.24, 2.45) is 0 Å². The normalized spacial score (nSPS) is 14.9. The number of rotatable bonds is 7. The molecule has 1 aliphatic rings. The molecule has 1 saturated heterocycles. The first-order valence-electron chi connectivity index (χ1n) is 11.4. The van der Waals surface area contributed by atoms with Crippen LogP contribution < -0.4 is 19.7 Å². The van der Waals surface area contributed by atoms with Gasteiger partial charge in [0.05, 0.1) is 18.9 Å². The molecule has 0 unspecified atom stereocenters. The Morgan fingerprint density at radius 2 is 1.54 bits per heavy atom. The van der Waals surface area contributed by atoms with Crippen molar-refractivity contribution in [1.29, 1.82) is 0 Å². The Hall–Kier alpha value is -4.33. The molecule has 4 amide bonds. The first-order valence-corrected chi connectivity index (χ1v) is 11.4. The van der Waals surface area contributed by atoms with Gasteiger partial charge in [-0.1, -0.05) is 6.07 Å². The number of nitrogens with one attached hydrogen (secondary N) is 1. The summed E-state index contributed by atoms with van der Waals surface area (Å²) >= 11 is 0. The number of nitrogens with zero attached hydrogens (tertiary/aromatic N) is 2. The Morgan fingerprint density at radius 3 is 2.23 bits per heavy atom. The SMILES string of the molecule is CCOc1ccc(-n2c(C)cc(/C=C3\C(=O)NC(=O)N(c4cccc(OCC)c4)C3=O)c2C)cc1. The number of anilines is 1. The number of aromatic nitrogens is 1. The summed E-state index contributed by atoms with van der Waals surface area (Å²) in [6.45, 7) is 8.66. The highest BCUT2D eigenvalue weighted by atomic mass is 16.5. The van der Waals surface area contributed by atoms with Crippen molar-refractivity contribution in [2.45, 2.75) is 27.7 Å². The lowest BCUT2D eigenvalue weighted by Gasteiger charge is -2.26. The second-order valence-electron chi connectivity index (χ2n) is 7.98. The quantitative estimate of drug-likeness (QED) is 0.401. The van der Waals surface area contributed by atoms with Crippen LogP contribution in [0.3, 0.4) is 0 Å². The Balaban J connectivity index is 1.70. The van der Waals surface area contributed by atoms with Crippen LogP contribution in [-0.4, -0.2) is 35.6 Å². The van der Waals surface area contributed by atoms with Crippen molar-refractivity contribution in [3.8, 4) is 17.2 Å². The molecule has 3 aromatic rings. The van der Waals surface area contributed by atoms with E-state index in [4.69, 9.17) is 9.47 Å². The molecule has 0 aliphatic carbocycles. The van der Waals surface area contributed by atoms with Crippen LogP contribution in [0.15, 0.2) is 60.2 Å². The van der Waals surface area contributed by atoms with Crippen LogP contribution in [-0.2, 0) is 9.59 Å². The number of hydrogen-bond acceptors (Lipinski definition) is 5. The number of carbonyl (C=O) groups excluding carboxylic acids is 3. The highest BCUT2D eigenvalue weighted by Gasteiger charge is 2.37.